The molecule has 2 rings (SSSR count). The zero-order valence-electron chi connectivity index (χ0n) is 14.2. The van der Waals surface area contributed by atoms with Crippen LogP contribution in [0.25, 0.3) is 0 Å². The van der Waals surface area contributed by atoms with Crippen LogP contribution in [0.3, 0.4) is 0 Å². The second-order valence-electron chi connectivity index (χ2n) is 6.10. The molecule has 1 aliphatic rings. The van der Waals surface area contributed by atoms with Crippen molar-refractivity contribution in [2.75, 3.05) is 11.9 Å². The van der Waals surface area contributed by atoms with Crippen molar-refractivity contribution in [1.82, 2.24) is 0 Å². The highest BCUT2D eigenvalue weighted by atomic mass is 16.5. The first-order valence-electron chi connectivity index (χ1n) is 8.08. The second-order valence-corrected chi connectivity index (χ2v) is 6.10. The maximum absolute atomic E-state index is 12.7. The highest BCUT2D eigenvalue weighted by Crippen LogP contribution is 2.42. The highest BCUT2D eigenvalue weighted by Gasteiger charge is 2.48. The van der Waals surface area contributed by atoms with E-state index in [-0.39, 0.29) is 23.1 Å². The molecular formula is C18H22N2O4. The van der Waals surface area contributed by atoms with Crippen molar-refractivity contribution in [3.63, 3.8) is 0 Å². The van der Waals surface area contributed by atoms with E-state index in [9.17, 15) is 14.9 Å². The van der Waals surface area contributed by atoms with Crippen molar-refractivity contribution >= 4 is 17.6 Å². The van der Waals surface area contributed by atoms with Crippen LogP contribution >= 0.6 is 0 Å². The van der Waals surface area contributed by atoms with Gasteiger partial charge in [0.15, 0.2) is 0 Å². The number of nitrogens with one attached hydrogen (secondary N) is 1. The molecule has 128 valence electrons. The standard InChI is InChI=1S/C18H22N2O4/c1-4-9-23-18(3,14-5-6-14)17(22)20-16-8-7-15(24-12(2)21)10-13(16)11-19/h7-8,10,14H,4-6,9H2,1-3H3,(H,20,22)/t18-/m1/s1. The zero-order valence-corrected chi connectivity index (χ0v) is 14.2. The van der Waals surface area contributed by atoms with Crippen LogP contribution in [0, 0.1) is 17.2 Å². The van der Waals surface area contributed by atoms with Gasteiger partial charge < -0.3 is 14.8 Å². The summed E-state index contributed by atoms with van der Waals surface area (Å²) in [6.45, 7) is 5.59. The van der Waals surface area contributed by atoms with Crippen LogP contribution < -0.4 is 10.1 Å². The third kappa shape index (κ3) is 4.12. The van der Waals surface area contributed by atoms with Crippen LogP contribution in [0.4, 0.5) is 5.69 Å². The maximum atomic E-state index is 12.7. The molecular weight excluding hydrogens is 308 g/mol. The Morgan fingerprint density at radius 2 is 2.12 bits per heavy atom. The molecule has 1 N–H and O–H groups in total. The van der Waals surface area contributed by atoms with E-state index in [0.29, 0.717) is 12.3 Å². The Morgan fingerprint density at radius 1 is 1.42 bits per heavy atom. The van der Waals surface area contributed by atoms with Crippen LogP contribution in [0.1, 0.15) is 45.6 Å². The van der Waals surface area contributed by atoms with Crippen LogP contribution in [-0.2, 0) is 14.3 Å². The van der Waals surface area contributed by atoms with Gasteiger partial charge in [0.05, 0.1) is 11.3 Å². The average molecular weight is 330 g/mol. The minimum atomic E-state index is -0.892. The first-order chi connectivity index (χ1) is 11.4. The number of hydrogen-bond donors (Lipinski definition) is 1. The van der Waals surface area contributed by atoms with Gasteiger partial charge in [0.25, 0.3) is 5.91 Å². The molecule has 1 atom stereocenters. The Bertz CT molecular complexity index is 676. The minimum Gasteiger partial charge on any atom is -0.427 e. The highest BCUT2D eigenvalue weighted by molar-refractivity contribution is 5.98. The Kier molecular flexibility index (Phi) is 5.58. The summed E-state index contributed by atoms with van der Waals surface area (Å²) < 4.78 is 10.8. The molecule has 1 saturated carbocycles. The monoisotopic (exact) mass is 330 g/mol. The van der Waals surface area contributed by atoms with Crippen molar-refractivity contribution in [1.29, 1.82) is 5.26 Å². The van der Waals surface area contributed by atoms with Gasteiger partial charge in [-0.15, -0.1) is 0 Å². The summed E-state index contributed by atoms with van der Waals surface area (Å²) in [6, 6.07) is 6.53. The summed E-state index contributed by atoms with van der Waals surface area (Å²) in [6.07, 6.45) is 2.75. The number of benzene rings is 1. The molecule has 6 nitrogen and oxygen atoms in total. The molecule has 1 aromatic rings. The minimum absolute atomic E-state index is 0.204. The van der Waals surface area contributed by atoms with Gasteiger partial charge in [-0.3, -0.25) is 9.59 Å². The Hall–Kier alpha value is -2.39. The number of esters is 1. The fraction of sp³-hybridized carbons (Fsp3) is 0.500. The lowest BCUT2D eigenvalue weighted by Gasteiger charge is -2.28. The lowest BCUT2D eigenvalue weighted by molar-refractivity contribution is -0.142. The number of anilines is 1. The molecule has 0 unspecified atom stereocenters. The number of rotatable bonds is 7. The van der Waals surface area contributed by atoms with Crippen LogP contribution in [0.15, 0.2) is 18.2 Å². The third-order valence-electron chi connectivity index (χ3n) is 4.03. The van der Waals surface area contributed by atoms with Gasteiger partial charge in [-0.2, -0.15) is 5.26 Å². The first kappa shape index (κ1) is 18.0. The summed E-state index contributed by atoms with van der Waals surface area (Å²) in [5, 5.41) is 12.1. The largest absolute Gasteiger partial charge is 0.427 e. The first-order valence-corrected chi connectivity index (χ1v) is 8.08. The van der Waals surface area contributed by atoms with E-state index in [1.165, 1.54) is 13.0 Å². The normalized spacial score (nSPS) is 15.9. The topological polar surface area (TPSA) is 88.4 Å². The summed E-state index contributed by atoms with van der Waals surface area (Å²) in [5.74, 6) is -0.251. The molecule has 1 amide bonds. The molecule has 0 aliphatic heterocycles. The maximum Gasteiger partial charge on any atom is 0.308 e. The third-order valence-corrected chi connectivity index (χ3v) is 4.03. The number of hydrogen-bond acceptors (Lipinski definition) is 5. The fourth-order valence-electron chi connectivity index (χ4n) is 2.52. The zero-order chi connectivity index (χ0) is 17.7. The smallest absolute Gasteiger partial charge is 0.308 e. The lowest BCUT2D eigenvalue weighted by Crippen LogP contribution is -2.45. The molecule has 0 spiro atoms. The van der Waals surface area contributed by atoms with Gasteiger partial charge in [-0.1, -0.05) is 6.92 Å². The van der Waals surface area contributed by atoms with Gasteiger partial charge in [0.1, 0.15) is 17.4 Å². The van der Waals surface area contributed by atoms with Gasteiger partial charge in [-0.05, 0) is 44.2 Å². The Balaban J connectivity index is 2.18. The second kappa shape index (κ2) is 7.45. The summed E-state index contributed by atoms with van der Waals surface area (Å²) in [5.41, 5.74) is -0.279. The molecule has 0 aromatic heterocycles. The average Bonchev–Trinajstić information content (AvgIpc) is 3.38. The van der Waals surface area contributed by atoms with Crippen molar-refractivity contribution in [2.45, 2.75) is 45.6 Å². The number of nitriles is 1. The molecule has 0 bridgehead atoms. The molecule has 1 fully saturated rings. The quantitative estimate of drug-likeness (QED) is 0.613. The molecule has 0 heterocycles. The van der Waals surface area contributed by atoms with E-state index in [2.05, 4.69) is 5.32 Å². The SMILES string of the molecule is CCCO[C@@](C)(C(=O)Nc1ccc(OC(C)=O)cc1C#N)C1CC1. The van der Waals surface area contributed by atoms with Crippen molar-refractivity contribution < 1.29 is 19.1 Å². The number of carbonyl (C=O) groups is 2. The van der Waals surface area contributed by atoms with E-state index in [0.717, 1.165) is 19.3 Å². The Labute approximate surface area is 141 Å². The van der Waals surface area contributed by atoms with E-state index in [1.807, 2.05) is 13.0 Å². The molecule has 6 heteroatoms. The van der Waals surface area contributed by atoms with E-state index in [4.69, 9.17) is 9.47 Å². The Morgan fingerprint density at radius 3 is 2.67 bits per heavy atom. The van der Waals surface area contributed by atoms with Crippen LogP contribution in [0.5, 0.6) is 5.75 Å². The van der Waals surface area contributed by atoms with Crippen molar-refractivity contribution in [3.8, 4) is 11.8 Å². The predicted molar refractivity (Wildman–Crippen MR) is 88.5 cm³/mol. The summed E-state index contributed by atoms with van der Waals surface area (Å²) in [4.78, 5) is 23.7. The van der Waals surface area contributed by atoms with Crippen molar-refractivity contribution in [3.05, 3.63) is 23.8 Å². The van der Waals surface area contributed by atoms with E-state index >= 15 is 0 Å². The molecule has 1 aliphatic carbocycles. The fourth-order valence-corrected chi connectivity index (χ4v) is 2.52. The van der Waals surface area contributed by atoms with E-state index < -0.39 is 11.6 Å². The van der Waals surface area contributed by atoms with Gasteiger partial charge >= 0.3 is 5.97 Å². The number of carbonyl (C=O) groups excluding carboxylic acids is 2. The summed E-state index contributed by atoms with van der Waals surface area (Å²) in [7, 11) is 0. The molecule has 1 aromatic carbocycles. The van der Waals surface area contributed by atoms with Crippen LogP contribution in [0.2, 0.25) is 0 Å². The molecule has 24 heavy (non-hydrogen) atoms. The number of amides is 1. The van der Waals surface area contributed by atoms with Gasteiger partial charge in [-0.25, -0.2) is 0 Å². The van der Waals surface area contributed by atoms with Gasteiger partial charge in [0, 0.05) is 19.6 Å². The lowest BCUT2D eigenvalue weighted by atomic mass is 9.98. The van der Waals surface area contributed by atoms with Gasteiger partial charge in [0.2, 0.25) is 0 Å². The van der Waals surface area contributed by atoms with Crippen LogP contribution in [-0.4, -0.2) is 24.1 Å². The molecule has 0 saturated heterocycles. The van der Waals surface area contributed by atoms with Crippen molar-refractivity contribution in [2.24, 2.45) is 5.92 Å². The van der Waals surface area contributed by atoms with E-state index in [1.54, 1.807) is 19.1 Å². The predicted octanol–water partition coefficient (Wildman–Crippen LogP) is 3.02. The number of nitrogens with zero attached hydrogens (tertiary/aromatic N) is 1. The summed E-state index contributed by atoms with van der Waals surface area (Å²) >= 11 is 0. The number of ether oxygens (including phenoxy) is 2. The molecule has 0 radical (unpaired) electrons.